The number of hydrogen-bond acceptors (Lipinski definition) is 5. The number of rotatable bonds is 5. The Kier molecular flexibility index (Phi) is 4.45. The number of hydrogen-bond donors (Lipinski definition) is 1. The summed E-state index contributed by atoms with van der Waals surface area (Å²) in [5.74, 6) is -0.789. The standard InChI is InChI=1S/C20H24O5/c1-5-8-20-10-15(25-4)18(22)17(19(20)23)16(11(20)2)12-6-7-13(21)14(9-12)24-3/h5-7,9,11,15-17,21H,1,8,10H2,2-4H3/t11-,15?,16+,17+,20-/m0/s1. The molecule has 2 aliphatic carbocycles. The first-order valence-electron chi connectivity index (χ1n) is 8.50. The van der Waals surface area contributed by atoms with Gasteiger partial charge in [-0.2, -0.15) is 0 Å². The highest BCUT2D eigenvalue weighted by molar-refractivity contribution is 6.12. The number of phenols is 1. The topological polar surface area (TPSA) is 72.8 Å². The van der Waals surface area contributed by atoms with Gasteiger partial charge in [-0.25, -0.2) is 0 Å². The van der Waals surface area contributed by atoms with E-state index in [9.17, 15) is 14.7 Å². The molecule has 3 rings (SSSR count). The second kappa shape index (κ2) is 6.30. The van der Waals surface area contributed by atoms with Crippen molar-refractivity contribution >= 4 is 11.6 Å². The molecule has 0 heterocycles. The molecule has 0 aromatic heterocycles. The zero-order chi connectivity index (χ0) is 18.4. The highest BCUT2D eigenvalue weighted by Crippen LogP contribution is 2.60. The molecule has 0 radical (unpaired) electrons. The van der Waals surface area contributed by atoms with Crippen molar-refractivity contribution in [3.63, 3.8) is 0 Å². The third-order valence-electron chi connectivity index (χ3n) is 6.10. The van der Waals surface area contributed by atoms with E-state index < -0.39 is 17.4 Å². The lowest BCUT2D eigenvalue weighted by Crippen LogP contribution is -2.47. The predicted molar refractivity (Wildman–Crippen MR) is 92.7 cm³/mol. The molecule has 25 heavy (non-hydrogen) atoms. The SMILES string of the molecule is C=CC[C@@]12CC(OC)C(=O)[C@H](C1=O)[C@@H](c1ccc(O)c(OC)c1)[C@@H]2C. The third-order valence-corrected chi connectivity index (χ3v) is 6.10. The lowest BCUT2D eigenvalue weighted by atomic mass is 9.67. The molecule has 2 aliphatic rings. The van der Waals surface area contributed by atoms with Gasteiger partial charge in [0.1, 0.15) is 6.10 Å². The van der Waals surface area contributed by atoms with Gasteiger partial charge in [0.25, 0.3) is 0 Å². The van der Waals surface area contributed by atoms with Crippen LogP contribution in [0.3, 0.4) is 0 Å². The van der Waals surface area contributed by atoms with Crippen LogP contribution in [0.15, 0.2) is 30.9 Å². The van der Waals surface area contributed by atoms with Gasteiger partial charge < -0.3 is 14.6 Å². The molecule has 2 fully saturated rings. The van der Waals surface area contributed by atoms with Crippen LogP contribution in [0.2, 0.25) is 0 Å². The van der Waals surface area contributed by atoms with Crippen molar-refractivity contribution in [1.82, 2.24) is 0 Å². The lowest BCUT2D eigenvalue weighted by Gasteiger charge is -2.36. The normalized spacial score (nSPS) is 34.2. The molecular weight excluding hydrogens is 320 g/mol. The highest BCUT2D eigenvalue weighted by Gasteiger charge is 2.65. The second-order valence-electron chi connectivity index (χ2n) is 7.07. The summed E-state index contributed by atoms with van der Waals surface area (Å²) in [5, 5.41) is 9.86. The molecule has 0 saturated heterocycles. The number of aromatic hydroxyl groups is 1. The van der Waals surface area contributed by atoms with Crippen molar-refractivity contribution in [2.45, 2.75) is 31.8 Å². The highest BCUT2D eigenvalue weighted by atomic mass is 16.5. The number of ketones is 2. The average Bonchev–Trinajstić information content (AvgIpc) is 2.75. The summed E-state index contributed by atoms with van der Waals surface area (Å²) in [6.07, 6.45) is 2.13. The van der Waals surface area contributed by atoms with Gasteiger partial charge in [0.2, 0.25) is 0 Å². The third kappa shape index (κ3) is 2.41. The van der Waals surface area contributed by atoms with Gasteiger partial charge in [-0.3, -0.25) is 9.59 Å². The lowest BCUT2D eigenvalue weighted by molar-refractivity contribution is -0.149. The molecule has 1 aromatic rings. The number of methoxy groups -OCH3 is 2. The van der Waals surface area contributed by atoms with Crippen molar-refractivity contribution in [3.8, 4) is 11.5 Å². The van der Waals surface area contributed by atoms with E-state index >= 15 is 0 Å². The number of carbonyl (C=O) groups is 2. The van der Waals surface area contributed by atoms with Crippen LogP contribution in [0.4, 0.5) is 0 Å². The van der Waals surface area contributed by atoms with Crippen molar-refractivity contribution in [2.24, 2.45) is 17.3 Å². The van der Waals surface area contributed by atoms with E-state index in [0.29, 0.717) is 18.6 Å². The maximum absolute atomic E-state index is 13.2. The molecule has 1 aromatic carbocycles. The Morgan fingerprint density at radius 2 is 2.08 bits per heavy atom. The Hall–Kier alpha value is -2.14. The summed E-state index contributed by atoms with van der Waals surface area (Å²) in [7, 11) is 2.99. The Morgan fingerprint density at radius 1 is 1.36 bits per heavy atom. The molecule has 5 nitrogen and oxygen atoms in total. The minimum absolute atomic E-state index is 0.00441. The molecular formula is C20H24O5. The smallest absolute Gasteiger partial charge is 0.172 e. The first-order valence-corrected chi connectivity index (χ1v) is 8.50. The fourth-order valence-electron chi connectivity index (χ4n) is 4.76. The van der Waals surface area contributed by atoms with Crippen molar-refractivity contribution < 1.29 is 24.2 Å². The van der Waals surface area contributed by atoms with Crippen LogP contribution >= 0.6 is 0 Å². The number of ether oxygens (including phenoxy) is 2. The van der Waals surface area contributed by atoms with Gasteiger partial charge in [0.05, 0.1) is 13.0 Å². The number of fused-ring (bicyclic) bond motifs is 2. The van der Waals surface area contributed by atoms with Crippen LogP contribution in [0.1, 0.15) is 31.2 Å². The average molecular weight is 344 g/mol. The Labute approximate surface area is 147 Å². The summed E-state index contributed by atoms with van der Waals surface area (Å²) in [4.78, 5) is 26.1. The first kappa shape index (κ1) is 17.7. The van der Waals surface area contributed by atoms with Crippen molar-refractivity contribution in [3.05, 3.63) is 36.4 Å². The van der Waals surface area contributed by atoms with E-state index in [-0.39, 0.29) is 29.2 Å². The molecule has 2 bridgehead atoms. The number of Topliss-reactive ketones (excluding diaryl/α,β-unsaturated/α-hetero) is 2. The van der Waals surface area contributed by atoms with Crippen LogP contribution in [-0.2, 0) is 14.3 Å². The second-order valence-corrected chi connectivity index (χ2v) is 7.07. The minimum Gasteiger partial charge on any atom is -0.504 e. The van der Waals surface area contributed by atoms with Gasteiger partial charge in [0.15, 0.2) is 23.1 Å². The van der Waals surface area contributed by atoms with E-state index in [2.05, 4.69) is 6.58 Å². The fourth-order valence-corrected chi connectivity index (χ4v) is 4.76. The number of carbonyl (C=O) groups excluding carboxylic acids is 2. The van der Waals surface area contributed by atoms with Gasteiger partial charge in [-0.1, -0.05) is 19.1 Å². The van der Waals surface area contributed by atoms with E-state index in [1.807, 2.05) is 6.92 Å². The van der Waals surface area contributed by atoms with E-state index in [4.69, 9.17) is 9.47 Å². The van der Waals surface area contributed by atoms with Crippen molar-refractivity contribution in [1.29, 1.82) is 0 Å². The van der Waals surface area contributed by atoms with Gasteiger partial charge >= 0.3 is 0 Å². The quantitative estimate of drug-likeness (QED) is 0.657. The molecule has 5 atom stereocenters. The van der Waals surface area contributed by atoms with Gasteiger partial charge in [-0.05, 0) is 36.5 Å². The Bertz CT molecular complexity index is 725. The molecule has 134 valence electrons. The Morgan fingerprint density at radius 3 is 2.68 bits per heavy atom. The maximum atomic E-state index is 13.2. The summed E-state index contributed by atoms with van der Waals surface area (Å²) < 4.78 is 10.6. The van der Waals surface area contributed by atoms with Crippen molar-refractivity contribution in [2.75, 3.05) is 14.2 Å². The van der Waals surface area contributed by atoms with Gasteiger partial charge in [-0.15, -0.1) is 6.58 Å². The molecule has 0 amide bonds. The summed E-state index contributed by atoms with van der Waals surface area (Å²) >= 11 is 0. The van der Waals surface area contributed by atoms with E-state index in [1.165, 1.54) is 14.2 Å². The van der Waals surface area contributed by atoms with E-state index in [0.717, 1.165) is 5.56 Å². The van der Waals surface area contributed by atoms with Crippen LogP contribution < -0.4 is 4.74 Å². The summed E-state index contributed by atoms with van der Waals surface area (Å²) in [6.45, 7) is 5.84. The molecule has 0 spiro atoms. The monoisotopic (exact) mass is 344 g/mol. The Balaban J connectivity index is 2.13. The number of allylic oxidation sites excluding steroid dienone is 1. The van der Waals surface area contributed by atoms with Crippen LogP contribution in [0.25, 0.3) is 0 Å². The minimum atomic E-state index is -0.720. The first-order chi connectivity index (χ1) is 11.9. The molecule has 1 N–H and O–H groups in total. The van der Waals surface area contributed by atoms with Crippen LogP contribution in [0, 0.1) is 17.3 Å². The van der Waals surface area contributed by atoms with Crippen LogP contribution in [0.5, 0.6) is 11.5 Å². The molecule has 2 saturated carbocycles. The number of benzene rings is 1. The predicted octanol–water partition coefficient (Wildman–Crippen LogP) is 2.87. The molecule has 5 heteroatoms. The van der Waals surface area contributed by atoms with Gasteiger partial charge in [0, 0.05) is 18.4 Å². The van der Waals surface area contributed by atoms with Crippen LogP contribution in [-0.4, -0.2) is 37.0 Å². The zero-order valence-corrected chi connectivity index (χ0v) is 14.8. The van der Waals surface area contributed by atoms with E-state index in [1.54, 1.807) is 24.3 Å². The number of phenolic OH excluding ortho intramolecular Hbond substituents is 1. The molecule has 0 aliphatic heterocycles. The zero-order valence-electron chi connectivity index (χ0n) is 14.8. The molecule has 1 unspecified atom stereocenters. The fraction of sp³-hybridized carbons (Fsp3) is 0.500. The summed E-state index contributed by atoms with van der Waals surface area (Å²) in [5.41, 5.74) is 0.202. The largest absolute Gasteiger partial charge is 0.504 e. The maximum Gasteiger partial charge on any atom is 0.172 e. The summed E-state index contributed by atoms with van der Waals surface area (Å²) in [6, 6.07) is 5.04.